The average molecular weight is 174 g/mol. The van der Waals surface area contributed by atoms with Crippen molar-refractivity contribution in [2.75, 3.05) is 0 Å². The van der Waals surface area contributed by atoms with Gasteiger partial charge in [-0.3, -0.25) is 0 Å². The van der Waals surface area contributed by atoms with Crippen LogP contribution in [0.5, 0.6) is 0 Å². The van der Waals surface area contributed by atoms with Gasteiger partial charge in [-0.1, -0.05) is 13.8 Å². The van der Waals surface area contributed by atoms with Crippen LogP contribution in [0.15, 0.2) is 16.5 Å². The molecule has 0 bridgehead atoms. The van der Waals surface area contributed by atoms with E-state index in [1.807, 2.05) is 6.07 Å². The van der Waals surface area contributed by atoms with Crippen molar-refractivity contribution >= 4 is 11.6 Å². The van der Waals surface area contributed by atoms with Gasteiger partial charge in [-0.05, 0) is 23.7 Å². The summed E-state index contributed by atoms with van der Waals surface area (Å²) in [7, 11) is 0. The van der Waals surface area contributed by atoms with Crippen LogP contribution in [0, 0.1) is 0 Å². The molecule has 0 saturated carbocycles. The van der Waals surface area contributed by atoms with Gasteiger partial charge < -0.3 is 9.73 Å². The molecule has 0 saturated heterocycles. The third kappa shape index (κ3) is 2.95. The summed E-state index contributed by atoms with van der Waals surface area (Å²) in [6, 6.07) is 4.09. The first-order valence-corrected chi connectivity index (χ1v) is 4.04. The van der Waals surface area contributed by atoms with Gasteiger partial charge in [0.2, 0.25) is 0 Å². The van der Waals surface area contributed by atoms with Crippen molar-refractivity contribution in [1.82, 2.24) is 5.32 Å². The fourth-order valence-corrected chi connectivity index (χ4v) is 0.914. The maximum Gasteiger partial charge on any atom is 0.193 e. The molecule has 0 aromatic carbocycles. The van der Waals surface area contributed by atoms with E-state index in [1.54, 1.807) is 6.07 Å². The van der Waals surface area contributed by atoms with E-state index in [1.165, 1.54) is 0 Å². The van der Waals surface area contributed by atoms with Gasteiger partial charge in [-0.2, -0.15) is 0 Å². The second kappa shape index (κ2) is 3.79. The average Bonchev–Trinajstić information content (AvgIpc) is 2.31. The Hall–Kier alpha value is -0.470. The van der Waals surface area contributed by atoms with E-state index in [9.17, 15) is 0 Å². The zero-order valence-electron chi connectivity index (χ0n) is 6.73. The van der Waals surface area contributed by atoms with Crippen molar-refractivity contribution in [3.05, 3.63) is 23.1 Å². The van der Waals surface area contributed by atoms with Gasteiger partial charge in [-0.25, -0.2) is 0 Å². The Morgan fingerprint density at radius 2 is 2.27 bits per heavy atom. The summed E-state index contributed by atoms with van der Waals surface area (Å²) < 4.78 is 5.14. The van der Waals surface area contributed by atoms with Crippen molar-refractivity contribution in [1.29, 1.82) is 0 Å². The van der Waals surface area contributed by atoms with Gasteiger partial charge in [0.15, 0.2) is 5.22 Å². The molecule has 3 heteroatoms. The summed E-state index contributed by atoms with van der Waals surface area (Å²) in [5, 5.41) is 3.67. The molecular formula is C8H12ClNO. The zero-order valence-corrected chi connectivity index (χ0v) is 7.48. The van der Waals surface area contributed by atoms with Crippen LogP contribution in [0.25, 0.3) is 0 Å². The molecule has 1 aromatic rings. The molecule has 1 N–H and O–H groups in total. The second-order valence-corrected chi connectivity index (χ2v) is 3.11. The van der Waals surface area contributed by atoms with Gasteiger partial charge in [0.1, 0.15) is 5.76 Å². The van der Waals surface area contributed by atoms with Crippen LogP contribution in [0.4, 0.5) is 0 Å². The van der Waals surface area contributed by atoms with Crippen molar-refractivity contribution in [2.45, 2.75) is 26.4 Å². The molecule has 0 aliphatic carbocycles. The minimum Gasteiger partial charge on any atom is -0.448 e. The lowest BCUT2D eigenvalue weighted by atomic mass is 10.3. The molecule has 0 radical (unpaired) electrons. The number of rotatable bonds is 3. The fraction of sp³-hybridized carbons (Fsp3) is 0.500. The smallest absolute Gasteiger partial charge is 0.193 e. The standard InChI is InChI=1S/C8H12ClNO/c1-6(2)10-5-7-3-4-8(9)11-7/h3-4,6,10H,5H2,1-2H3. The lowest BCUT2D eigenvalue weighted by Crippen LogP contribution is -2.21. The highest BCUT2D eigenvalue weighted by Crippen LogP contribution is 2.12. The van der Waals surface area contributed by atoms with E-state index in [0.717, 1.165) is 12.3 Å². The van der Waals surface area contributed by atoms with Gasteiger partial charge in [0.05, 0.1) is 6.54 Å². The monoisotopic (exact) mass is 173 g/mol. The van der Waals surface area contributed by atoms with Crippen LogP contribution in [0.1, 0.15) is 19.6 Å². The predicted octanol–water partition coefficient (Wildman–Crippen LogP) is 2.43. The van der Waals surface area contributed by atoms with Gasteiger partial charge in [-0.15, -0.1) is 0 Å². The molecule has 0 aliphatic heterocycles. The molecule has 0 amide bonds. The normalized spacial score (nSPS) is 10.9. The molecule has 0 aliphatic rings. The number of hydrogen-bond acceptors (Lipinski definition) is 2. The Balaban J connectivity index is 2.39. The highest BCUT2D eigenvalue weighted by atomic mass is 35.5. The third-order valence-electron chi connectivity index (χ3n) is 1.31. The summed E-state index contributed by atoms with van der Waals surface area (Å²) >= 11 is 5.58. The second-order valence-electron chi connectivity index (χ2n) is 2.74. The van der Waals surface area contributed by atoms with Crippen LogP contribution in [-0.2, 0) is 6.54 Å². The van der Waals surface area contributed by atoms with Crippen LogP contribution >= 0.6 is 11.6 Å². The van der Waals surface area contributed by atoms with Gasteiger partial charge in [0, 0.05) is 6.04 Å². The lowest BCUT2D eigenvalue weighted by Gasteiger charge is -2.04. The molecule has 1 rings (SSSR count). The quantitative estimate of drug-likeness (QED) is 0.760. The van der Waals surface area contributed by atoms with Crippen LogP contribution in [0.3, 0.4) is 0 Å². The molecule has 11 heavy (non-hydrogen) atoms. The fourth-order valence-electron chi connectivity index (χ4n) is 0.751. The lowest BCUT2D eigenvalue weighted by molar-refractivity contribution is 0.466. The molecule has 0 atom stereocenters. The summed E-state index contributed by atoms with van der Waals surface area (Å²) in [6.07, 6.45) is 0. The molecule has 1 aromatic heterocycles. The molecular weight excluding hydrogens is 162 g/mol. The van der Waals surface area contributed by atoms with Crippen LogP contribution in [-0.4, -0.2) is 6.04 Å². The Bertz CT molecular complexity index is 220. The number of nitrogens with one attached hydrogen (secondary N) is 1. The summed E-state index contributed by atoms with van der Waals surface area (Å²) in [4.78, 5) is 0. The van der Waals surface area contributed by atoms with Gasteiger partial charge in [0.25, 0.3) is 0 Å². The van der Waals surface area contributed by atoms with Crippen molar-refractivity contribution < 1.29 is 4.42 Å². The summed E-state index contributed by atoms with van der Waals surface area (Å²) in [6.45, 7) is 4.92. The highest BCUT2D eigenvalue weighted by molar-refractivity contribution is 6.28. The molecule has 0 fully saturated rings. The molecule has 0 unspecified atom stereocenters. The first kappa shape index (κ1) is 8.62. The molecule has 1 heterocycles. The number of furan rings is 1. The first-order valence-electron chi connectivity index (χ1n) is 3.66. The van der Waals surface area contributed by atoms with Gasteiger partial charge >= 0.3 is 0 Å². The zero-order chi connectivity index (χ0) is 8.27. The Morgan fingerprint density at radius 3 is 2.73 bits per heavy atom. The highest BCUT2D eigenvalue weighted by Gasteiger charge is 1.99. The predicted molar refractivity (Wildman–Crippen MR) is 45.7 cm³/mol. The summed E-state index contributed by atoms with van der Waals surface area (Å²) in [5.41, 5.74) is 0. The number of hydrogen-bond donors (Lipinski definition) is 1. The van der Waals surface area contributed by atoms with Crippen LogP contribution < -0.4 is 5.32 Å². The van der Waals surface area contributed by atoms with E-state index < -0.39 is 0 Å². The van der Waals surface area contributed by atoms with E-state index in [0.29, 0.717) is 11.3 Å². The third-order valence-corrected chi connectivity index (χ3v) is 1.52. The Kier molecular flexibility index (Phi) is 2.97. The molecule has 2 nitrogen and oxygen atoms in total. The van der Waals surface area contributed by atoms with Crippen LogP contribution in [0.2, 0.25) is 5.22 Å². The van der Waals surface area contributed by atoms with Crippen molar-refractivity contribution in [3.8, 4) is 0 Å². The van der Waals surface area contributed by atoms with E-state index in [2.05, 4.69) is 19.2 Å². The maximum atomic E-state index is 5.58. The minimum absolute atomic E-state index is 0.450. The topological polar surface area (TPSA) is 25.2 Å². The largest absolute Gasteiger partial charge is 0.448 e. The van der Waals surface area contributed by atoms with E-state index >= 15 is 0 Å². The molecule has 62 valence electrons. The van der Waals surface area contributed by atoms with E-state index in [4.69, 9.17) is 16.0 Å². The SMILES string of the molecule is CC(C)NCc1ccc(Cl)o1. The first-order chi connectivity index (χ1) is 5.18. The minimum atomic E-state index is 0.450. The van der Waals surface area contributed by atoms with Crippen molar-refractivity contribution in [3.63, 3.8) is 0 Å². The summed E-state index contributed by atoms with van der Waals surface area (Å²) in [5.74, 6) is 0.878. The Morgan fingerprint density at radius 1 is 1.55 bits per heavy atom. The Labute approximate surface area is 71.5 Å². The number of halogens is 1. The van der Waals surface area contributed by atoms with Crippen molar-refractivity contribution in [2.24, 2.45) is 0 Å². The maximum absolute atomic E-state index is 5.58. The van der Waals surface area contributed by atoms with E-state index in [-0.39, 0.29) is 0 Å². The molecule has 0 spiro atoms.